The second-order valence-corrected chi connectivity index (χ2v) is 4.77. The number of hydrazine groups is 1. The molecule has 2 aromatic rings. The third-order valence-electron chi connectivity index (χ3n) is 3.55. The van der Waals surface area contributed by atoms with E-state index in [1.54, 1.807) is 12.1 Å². The summed E-state index contributed by atoms with van der Waals surface area (Å²) >= 11 is 0. The van der Waals surface area contributed by atoms with E-state index >= 15 is 0 Å². The number of nitrogens with two attached hydrogens (primary N) is 1. The molecule has 0 saturated heterocycles. The van der Waals surface area contributed by atoms with Gasteiger partial charge < -0.3 is 4.42 Å². The van der Waals surface area contributed by atoms with Gasteiger partial charge in [-0.1, -0.05) is 18.2 Å². The van der Waals surface area contributed by atoms with Crippen LogP contribution < -0.4 is 11.3 Å². The zero-order valence-electron chi connectivity index (χ0n) is 11.5. The third-order valence-corrected chi connectivity index (χ3v) is 3.55. The van der Waals surface area contributed by atoms with Gasteiger partial charge in [-0.2, -0.15) is 0 Å². The number of benzene rings is 1. The van der Waals surface area contributed by atoms with Crippen molar-refractivity contribution in [1.29, 1.82) is 0 Å². The summed E-state index contributed by atoms with van der Waals surface area (Å²) in [5.74, 6) is 7.13. The number of hydrogen-bond acceptors (Lipinski definition) is 3. The van der Waals surface area contributed by atoms with Crippen molar-refractivity contribution in [3.8, 4) is 0 Å². The lowest BCUT2D eigenvalue weighted by Gasteiger charge is -2.17. The Kier molecular flexibility index (Phi) is 4.02. The Morgan fingerprint density at radius 2 is 1.89 bits per heavy atom. The fourth-order valence-electron chi connectivity index (χ4n) is 2.45. The highest BCUT2D eigenvalue weighted by Crippen LogP contribution is 2.29. The molecule has 19 heavy (non-hydrogen) atoms. The summed E-state index contributed by atoms with van der Waals surface area (Å²) in [5.41, 5.74) is 5.49. The number of halogens is 1. The lowest BCUT2D eigenvalue weighted by atomic mass is 9.96. The molecule has 0 amide bonds. The van der Waals surface area contributed by atoms with Gasteiger partial charge in [-0.3, -0.25) is 11.3 Å². The first kappa shape index (κ1) is 13.8. The highest BCUT2D eigenvalue weighted by molar-refractivity contribution is 5.35. The van der Waals surface area contributed by atoms with Crippen molar-refractivity contribution in [2.75, 3.05) is 0 Å². The zero-order valence-corrected chi connectivity index (χ0v) is 11.5. The molecule has 0 aliphatic rings. The predicted molar refractivity (Wildman–Crippen MR) is 73.1 cm³/mol. The van der Waals surface area contributed by atoms with Gasteiger partial charge >= 0.3 is 0 Å². The lowest BCUT2D eigenvalue weighted by Crippen LogP contribution is -2.30. The summed E-state index contributed by atoms with van der Waals surface area (Å²) < 4.78 is 19.3. The number of hydrogen-bond donors (Lipinski definition) is 2. The predicted octanol–water partition coefficient (Wildman–Crippen LogP) is 3.09. The van der Waals surface area contributed by atoms with Crippen LogP contribution in [0.25, 0.3) is 0 Å². The standard InChI is InChI=1S/C15H19FN2O/c1-9-10(2)19-11(3)15(9)14(18-17)8-12-6-4-5-7-13(12)16/h4-7,14,18H,8,17H2,1-3H3. The highest BCUT2D eigenvalue weighted by atomic mass is 19.1. The first-order valence-electron chi connectivity index (χ1n) is 6.30. The molecule has 0 radical (unpaired) electrons. The van der Waals surface area contributed by atoms with Gasteiger partial charge in [-0.15, -0.1) is 0 Å². The van der Waals surface area contributed by atoms with E-state index in [2.05, 4.69) is 5.43 Å². The monoisotopic (exact) mass is 262 g/mol. The van der Waals surface area contributed by atoms with Crippen LogP contribution in [0.4, 0.5) is 4.39 Å². The van der Waals surface area contributed by atoms with Gasteiger partial charge in [0.05, 0.1) is 6.04 Å². The molecule has 1 aromatic heterocycles. The van der Waals surface area contributed by atoms with E-state index < -0.39 is 0 Å². The Hall–Kier alpha value is -1.65. The Morgan fingerprint density at radius 1 is 1.21 bits per heavy atom. The molecule has 0 fully saturated rings. The second kappa shape index (κ2) is 5.55. The van der Waals surface area contributed by atoms with Gasteiger partial charge in [0.15, 0.2) is 0 Å². The van der Waals surface area contributed by atoms with Crippen LogP contribution in [0.1, 0.15) is 34.3 Å². The summed E-state index contributed by atoms with van der Waals surface area (Å²) in [6, 6.07) is 6.59. The third kappa shape index (κ3) is 2.69. The maximum Gasteiger partial charge on any atom is 0.126 e. The van der Waals surface area contributed by atoms with Crippen LogP contribution in [-0.4, -0.2) is 0 Å². The van der Waals surface area contributed by atoms with Crippen LogP contribution in [0, 0.1) is 26.6 Å². The summed E-state index contributed by atoms with van der Waals surface area (Å²) in [5, 5.41) is 0. The summed E-state index contributed by atoms with van der Waals surface area (Å²) in [7, 11) is 0. The molecule has 1 heterocycles. The molecule has 3 N–H and O–H groups in total. The quantitative estimate of drug-likeness (QED) is 0.657. The van der Waals surface area contributed by atoms with Crippen LogP contribution in [0.15, 0.2) is 28.7 Å². The molecule has 4 heteroatoms. The zero-order chi connectivity index (χ0) is 14.0. The smallest absolute Gasteiger partial charge is 0.126 e. The summed E-state index contributed by atoms with van der Waals surface area (Å²) in [6.07, 6.45) is 0.490. The molecule has 1 atom stereocenters. The van der Waals surface area contributed by atoms with Crippen LogP contribution >= 0.6 is 0 Å². The van der Waals surface area contributed by atoms with E-state index in [1.165, 1.54) is 6.07 Å². The second-order valence-electron chi connectivity index (χ2n) is 4.77. The molecular formula is C15H19FN2O. The molecule has 1 aromatic carbocycles. The summed E-state index contributed by atoms with van der Waals surface area (Å²) in [4.78, 5) is 0. The maximum absolute atomic E-state index is 13.7. The molecule has 0 aliphatic heterocycles. The minimum Gasteiger partial charge on any atom is -0.466 e. The van der Waals surface area contributed by atoms with Crippen molar-refractivity contribution < 1.29 is 8.81 Å². The van der Waals surface area contributed by atoms with Gasteiger partial charge in [-0.25, -0.2) is 4.39 Å². The van der Waals surface area contributed by atoms with Crippen LogP contribution in [-0.2, 0) is 6.42 Å². The molecule has 0 bridgehead atoms. The Morgan fingerprint density at radius 3 is 2.42 bits per heavy atom. The fraction of sp³-hybridized carbons (Fsp3) is 0.333. The first-order valence-corrected chi connectivity index (χ1v) is 6.30. The van der Waals surface area contributed by atoms with Crippen LogP contribution in [0.3, 0.4) is 0 Å². The number of aryl methyl sites for hydroxylation is 2. The Labute approximate surface area is 112 Å². The molecule has 0 aliphatic carbocycles. The van der Waals surface area contributed by atoms with E-state index in [9.17, 15) is 4.39 Å². The average molecular weight is 262 g/mol. The number of nitrogens with one attached hydrogen (secondary N) is 1. The Balaban J connectivity index is 2.33. The van der Waals surface area contributed by atoms with Crippen LogP contribution in [0.5, 0.6) is 0 Å². The van der Waals surface area contributed by atoms with Gasteiger partial charge in [0.25, 0.3) is 0 Å². The van der Waals surface area contributed by atoms with E-state index in [-0.39, 0.29) is 11.9 Å². The molecule has 2 rings (SSSR count). The van der Waals surface area contributed by atoms with Crippen molar-refractivity contribution in [1.82, 2.24) is 5.43 Å². The molecular weight excluding hydrogens is 243 g/mol. The first-order chi connectivity index (χ1) is 9.04. The molecule has 102 valence electrons. The molecule has 1 unspecified atom stereocenters. The van der Waals surface area contributed by atoms with E-state index in [0.29, 0.717) is 12.0 Å². The van der Waals surface area contributed by atoms with Gasteiger partial charge in [-0.05, 0) is 44.4 Å². The number of furan rings is 1. The maximum atomic E-state index is 13.7. The van der Waals surface area contributed by atoms with Crippen molar-refractivity contribution in [2.45, 2.75) is 33.2 Å². The normalized spacial score (nSPS) is 12.7. The summed E-state index contributed by atoms with van der Waals surface area (Å²) in [6.45, 7) is 5.82. The topological polar surface area (TPSA) is 51.2 Å². The largest absolute Gasteiger partial charge is 0.466 e. The van der Waals surface area contributed by atoms with E-state index in [4.69, 9.17) is 10.3 Å². The number of rotatable bonds is 4. The van der Waals surface area contributed by atoms with Gasteiger partial charge in [0.2, 0.25) is 0 Å². The van der Waals surface area contributed by atoms with Crippen molar-refractivity contribution in [3.63, 3.8) is 0 Å². The average Bonchev–Trinajstić information content (AvgIpc) is 2.63. The van der Waals surface area contributed by atoms with Crippen molar-refractivity contribution >= 4 is 0 Å². The highest BCUT2D eigenvalue weighted by Gasteiger charge is 2.21. The molecule has 0 spiro atoms. The van der Waals surface area contributed by atoms with Gasteiger partial charge in [0.1, 0.15) is 17.3 Å². The Bertz CT molecular complexity index is 578. The SMILES string of the molecule is Cc1oc(C)c(C(Cc2ccccc2F)NN)c1C. The van der Waals surface area contributed by atoms with Crippen LogP contribution in [0.2, 0.25) is 0 Å². The van der Waals surface area contributed by atoms with Gasteiger partial charge in [0, 0.05) is 5.56 Å². The minimum atomic E-state index is -0.210. The van der Waals surface area contributed by atoms with E-state index in [0.717, 1.165) is 22.6 Å². The fourth-order valence-corrected chi connectivity index (χ4v) is 2.45. The van der Waals surface area contributed by atoms with Crippen molar-refractivity contribution in [2.24, 2.45) is 5.84 Å². The lowest BCUT2D eigenvalue weighted by molar-refractivity contribution is 0.481. The molecule has 3 nitrogen and oxygen atoms in total. The minimum absolute atomic E-state index is 0.158. The van der Waals surface area contributed by atoms with E-state index in [1.807, 2.05) is 26.8 Å². The molecule has 0 saturated carbocycles. The van der Waals surface area contributed by atoms with Crippen molar-refractivity contribution in [3.05, 3.63) is 58.3 Å².